The molecule has 1 aromatic heterocycles. The Kier molecular flexibility index (Phi) is 2.73. The van der Waals surface area contributed by atoms with E-state index in [4.69, 9.17) is 12.2 Å². The van der Waals surface area contributed by atoms with Crippen LogP contribution in [0.4, 0.5) is 0 Å². The molecule has 0 aliphatic carbocycles. The van der Waals surface area contributed by atoms with Crippen molar-refractivity contribution < 1.29 is 0 Å². The van der Waals surface area contributed by atoms with Gasteiger partial charge in [0.25, 0.3) is 0 Å². The first-order valence-electron chi connectivity index (χ1n) is 4.51. The highest BCUT2D eigenvalue weighted by atomic mass is 32.1. The summed E-state index contributed by atoms with van der Waals surface area (Å²) in [5.74, 6) is 1.24. The van der Waals surface area contributed by atoms with Crippen LogP contribution < -0.4 is 5.32 Å². The third-order valence-corrected chi connectivity index (χ3v) is 2.36. The number of benzene rings is 1. The Labute approximate surface area is 92.7 Å². The molecule has 4 nitrogen and oxygen atoms in total. The third-order valence-electron chi connectivity index (χ3n) is 1.96. The minimum Gasteiger partial charge on any atom is -0.376 e. The summed E-state index contributed by atoms with van der Waals surface area (Å²) in [7, 11) is 1.76. The number of aromatic nitrogens is 3. The van der Waals surface area contributed by atoms with Crippen molar-refractivity contribution in [2.75, 3.05) is 7.05 Å². The van der Waals surface area contributed by atoms with Crippen molar-refractivity contribution in [3.8, 4) is 11.4 Å². The van der Waals surface area contributed by atoms with E-state index in [0.29, 0.717) is 16.6 Å². The van der Waals surface area contributed by atoms with E-state index in [2.05, 4.69) is 20.5 Å². The predicted molar refractivity (Wildman–Crippen MR) is 62.6 cm³/mol. The fourth-order valence-corrected chi connectivity index (χ4v) is 1.29. The number of hydrogen-bond donors (Lipinski definition) is 2. The summed E-state index contributed by atoms with van der Waals surface area (Å²) in [6, 6.07) is 9.75. The van der Waals surface area contributed by atoms with Crippen molar-refractivity contribution in [3.05, 3.63) is 36.2 Å². The van der Waals surface area contributed by atoms with Crippen molar-refractivity contribution in [1.29, 1.82) is 0 Å². The molecular formula is C10H10N4S. The van der Waals surface area contributed by atoms with Crippen LogP contribution in [0.3, 0.4) is 0 Å². The van der Waals surface area contributed by atoms with E-state index in [0.717, 1.165) is 5.56 Å². The van der Waals surface area contributed by atoms with Gasteiger partial charge in [-0.1, -0.05) is 42.5 Å². The molecule has 76 valence electrons. The van der Waals surface area contributed by atoms with Crippen LogP contribution in [-0.4, -0.2) is 27.2 Å². The Morgan fingerprint density at radius 2 is 2.07 bits per heavy atom. The van der Waals surface area contributed by atoms with Crippen LogP contribution >= 0.6 is 12.2 Å². The lowest BCUT2D eigenvalue weighted by Gasteiger charge is -1.94. The molecule has 0 unspecified atom stereocenters. The van der Waals surface area contributed by atoms with Crippen molar-refractivity contribution >= 4 is 17.2 Å². The molecule has 5 heteroatoms. The molecule has 2 N–H and O–H groups in total. The first-order valence-corrected chi connectivity index (χ1v) is 4.92. The van der Waals surface area contributed by atoms with Crippen molar-refractivity contribution in [2.45, 2.75) is 0 Å². The average molecular weight is 218 g/mol. The highest BCUT2D eigenvalue weighted by molar-refractivity contribution is 7.80. The van der Waals surface area contributed by atoms with Gasteiger partial charge in [0.1, 0.15) is 4.99 Å². The van der Waals surface area contributed by atoms with Gasteiger partial charge >= 0.3 is 0 Å². The summed E-state index contributed by atoms with van der Waals surface area (Å²) < 4.78 is 0. The van der Waals surface area contributed by atoms with Crippen LogP contribution in [-0.2, 0) is 0 Å². The van der Waals surface area contributed by atoms with Crippen molar-refractivity contribution in [3.63, 3.8) is 0 Å². The van der Waals surface area contributed by atoms with Crippen LogP contribution in [0, 0.1) is 0 Å². The van der Waals surface area contributed by atoms with Gasteiger partial charge in [0.05, 0.1) is 0 Å². The molecule has 15 heavy (non-hydrogen) atoms. The molecule has 2 aromatic rings. The zero-order valence-electron chi connectivity index (χ0n) is 8.19. The third kappa shape index (κ3) is 2.02. The first-order chi connectivity index (χ1) is 7.31. The summed E-state index contributed by atoms with van der Waals surface area (Å²) in [6.07, 6.45) is 0. The molecule has 0 bridgehead atoms. The molecule has 1 heterocycles. The van der Waals surface area contributed by atoms with E-state index in [1.165, 1.54) is 0 Å². The van der Waals surface area contributed by atoms with E-state index < -0.39 is 0 Å². The summed E-state index contributed by atoms with van der Waals surface area (Å²) in [5, 5.41) is 9.73. The number of hydrogen-bond acceptors (Lipinski definition) is 3. The molecule has 0 saturated heterocycles. The summed E-state index contributed by atoms with van der Waals surface area (Å²) >= 11 is 5.04. The molecular weight excluding hydrogens is 208 g/mol. The second kappa shape index (κ2) is 4.18. The molecule has 0 aliphatic rings. The van der Waals surface area contributed by atoms with Crippen LogP contribution in [0.1, 0.15) is 5.82 Å². The Bertz CT molecular complexity index is 463. The van der Waals surface area contributed by atoms with Crippen LogP contribution in [0.2, 0.25) is 0 Å². The SMILES string of the molecule is CNC(=S)c1nc(-c2ccccc2)n[nH]1. The highest BCUT2D eigenvalue weighted by Gasteiger charge is 2.07. The molecule has 1 aromatic carbocycles. The van der Waals surface area contributed by atoms with E-state index in [-0.39, 0.29) is 0 Å². The lowest BCUT2D eigenvalue weighted by molar-refractivity contribution is 1.06. The Hall–Kier alpha value is -1.75. The second-order valence-electron chi connectivity index (χ2n) is 2.95. The molecule has 0 radical (unpaired) electrons. The molecule has 2 rings (SSSR count). The minimum atomic E-state index is 0.560. The quantitative estimate of drug-likeness (QED) is 0.747. The van der Waals surface area contributed by atoms with E-state index in [9.17, 15) is 0 Å². The number of nitrogens with one attached hydrogen (secondary N) is 2. The molecule has 0 aliphatic heterocycles. The fourth-order valence-electron chi connectivity index (χ4n) is 1.20. The molecule has 0 amide bonds. The molecule has 0 fully saturated rings. The van der Waals surface area contributed by atoms with Gasteiger partial charge in [0.15, 0.2) is 11.6 Å². The van der Waals surface area contributed by atoms with Crippen molar-refractivity contribution in [1.82, 2.24) is 20.5 Å². The first kappa shape index (κ1) is 9.79. The van der Waals surface area contributed by atoms with E-state index in [1.807, 2.05) is 30.3 Å². The predicted octanol–water partition coefficient (Wildman–Crippen LogP) is 1.37. The van der Waals surface area contributed by atoms with Gasteiger partial charge < -0.3 is 5.32 Å². The normalized spacial score (nSPS) is 9.93. The van der Waals surface area contributed by atoms with Crippen molar-refractivity contribution in [2.24, 2.45) is 0 Å². The van der Waals surface area contributed by atoms with Gasteiger partial charge in [0, 0.05) is 12.6 Å². The monoisotopic (exact) mass is 218 g/mol. The van der Waals surface area contributed by atoms with Gasteiger partial charge in [0.2, 0.25) is 0 Å². The second-order valence-corrected chi connectivity index (χ2v) is 3.36. The maximum atomic E-state index is 5.04. The number of H-pyrrole nitrogens is 1. The maximum Gasteiger partial charge on any atom is 0.183 e. The minimum absolute atomic E-state index is 0.560. The van der Waals surface area contributed by atoms with Gasteiger partial charge in [-0.2, -0.15) is 5.10 Å². The smallest absolute Gasteiger partial charge is 0.183 e. The number of aromatic amines is 1. The Balaban J connectivity index is 2.32. The molecule has 0 saturated carbocycles. The standard InChI is InChI=1S/C10H10N4S/c1-11-10(15)9-12-8(13-14-9)7-5-3-2-4-6-7/h2-6H,1H3,(H,11,15)(H,12,13,14). The lowest BCUT2D eigenvalue weighted by atomic mass is 10.2. The summed E-state index contributed by atoms with van der Waals surface area (Å²) in [6.45, 7) is 0. The van der Waals surface area contributed by atoms with Crippen LogP contribution in [0.5, 0.6) is 0 Å². The average Bonchev–Trinajstić information content (AvgIpc) is 2.78. The highest BCUT2D eigenvalue weighted by Crippen LogP contribution is 2.13. The zero-order valence-corrected chi connectivity index (χ0v) is 9.01. The van der Waals surface area contributed by atoms with E-state index in [1.54, 1.807) is 7.05 Å². The Morgan fingerprint density at radius 3 is 2.73 bits per heavy atom. The topological polar surface area (TPSA) is 53.6 Å². The van der Waals surface area contributed by atoms with Crippen LogP contribution in [0.25, 0.3) is 11.4 Å². The number of thiocarbonyl (C=S) groups is 1. The number of nitrogens with zero attached hydrogens (tertiary/aromatic N) is 2. The van der Waals surface area contributed by atoms with E-state index >= 15 is 0 Å². The van der Waals surface area contributed by atoms with Gasteiger partial charge in [-0.05, 0) is 0 Å². The largest absolute Gasteiger partial charge is 0.376 e. The summed E-state index contributed by atoms with van der Waals surface area (Å²) in [5.41, 5.74) is 0.971. The number of rotatable bonds is 2. The van der Waals surface area contributed by atoms with Crippen LogP contribution in [0.15, 0.2) is 30.3 Å². The van der Waals surface area contributed by atoms with Gasteiger partial charge in [-0.3, -0.25) is 5.10 Å². The zero-order chi connectivity index (χ0) is 10.7. The van der Waals surface area contributed by atoms with Gasteiger partial charge in [-0.25, -0.2) is 4.98 Å². The Morgan fingerprint density at radius 1 is 1.33 bits per heavy atom. The molecule has 0 spiro atoms. The summed E-state index contributed by atoms with van der Waals surface area (Å²) in [4.78, 5) is 4.84. The fraction of sp³-hybridized carbons (Fsp3) is 0.100. The maximum absolute atomic E-state index is 5.04. The lowest BCUT2D eigenvalue weighted by Crippen LogP contribution is -2.17. The van der Waals surface area contributed by atoms with Gasteiger partial charge in [-0.15, -0.1) is 0 Å². The molecule has 0 atom stereocenters.